The van der Waals surface area contributed by atoms with Crippen LogP contribution in [0.4, 0.5) is 5.88 Å². The van der Waals surface area contributed by atoms with Crippen LogP contribution in [-0.2, 0) is 28.8 Å². The third-order valence-corrected chi connectivity index (χ3v) is 9.48. The fourth-order valence-corrected chi connectivity index (χ4v) is 6.08. The Kier molecular flexibility index (Phi) is 8.35. The van der Waals surface area contributed by atoms with Gasteiger partial charge in [0.05, 0.1) is 17.0 Å². The summed E-state index contributed by atoms with van der Waals surface area (Å²) < 4.78 is 46.9. The van der Waals surface area contributed by atoms with Gasteiger partial charge < -0.3 is 18.7 Å². The van der Waals surface area contributed by atoms with E-state index in [4.69, 9.17) is 18.7 Å². The zero-order valence-electron chi connectivity index (χ0n) is 19.5. The molecule has 1 amide bonds. The molecule has 2 aliphatic heterocycles. The zero-order valence-corrected chi connectivity index (χ0v) is 20.3. The summed E-state index contributed by atoms with van der Waals surface area (Å²) >= 11 is 0. The highest BCUT2D eigenvalue weighted by molar-refractivity contribution is 7.94. The Morgan fingerprint density at radius 1 is 1.25 bits per heavy atom. The molecule has 1 aromatic heterocycles. The predicted octanol–water partition coefficient (Wildman–Crippen LogP) is 3.41. The predicted molar refractivity (Wildman–Crippen MR) is 119 cm³/mol. The lowest BCUT2D eigenvalue weighted by molar-refractivity contribution is -0.192. The molecule has 0 aliphatic carbocycles. The molecule has 0 aromatic carbocycles. The van der Waals surface area contributed by atoms with Crippen molar-refractivity contribution >= 4 is 21.6 Å². The van der Waals surface area contributed by atoms with E-state index >= 15 is 0 Å². The molecule has 2 aliphatic rings. The molecule has 0 bridgehead atoms. The lowest BCUT2D eigenvalue weighted by atomic mass is 9.98. The number of carbonyl (C=O) groups is 1. The third kappa shape index (κ3) is 5.52. The molecule has 3 rings (SSSR count). The third-order valence-electron chi connectivity index (χ3n) is 6.52. The number of amides is 1. The van der Waals surface area contributed by atoms with Gasteiger partial charge in [-0.3, -0.25) is 10.1 Å². The lowest BCUT2D eigenvalue weighted by Crippen LogP contribution is -2.50. The molecule has 32 heavy (non-hydrogen) atoms. The number of aromatic nitrogens is 1. The van der Waals surface area contributed by atoms with E-state index in [1.54, 1.807) is 6.07 Å². The number of hydrogen-bond donors (Lipinski definition) is 1. The highest BCUT2D eigenvalue weighted by atomic mass is 32.2. The van der Waals surface area contributed by atoms with E-state index in [2.05, 4.69) is 10.5 Å². The maximum absolute atomic E-state index is 13.1. The van der Waals surface area contributed by atoms with Crippen molar-refractivity contribution in [2.24, 2.45) is 0 Å². The summed E-state index contributed by atoms with van der Waals surface area (Å²) in [4.78, 5) is 12.9. The number of nitrogens with zero attached hydrogens (tertiary/aromatic N) is 1. The van der Waals surface area contributed by atoms with Crippen molar-refractivity contribution in [3.63, 3.8) is 0 Å². The molecule has 2 fully saturated rings. The first-order chi connectivity index (χ1) is 15.2. The van der Waals surface area contributed by atoms with E-state index in [1.165, 1.54) is 13.8 Å². The van der Waals surface area contributed by atoms with Crippen LogP contribution in [0.25, 0.3) is 0 Å². The van der Waals surface area contributed by atoms with Gasteiger partial charge in [0.15, 0.2) is 16.1 Å². The van der Waals surface area contributed by atoms with E-state index in [1.807, 2.05) is 13.8 Å². The monoisotopic (exact) mass is 472 g/mol. The topological polar surface area (TPSA) is 117 Å². The summed E-state index contributed by atoms with van der Waals surface area (Å²) in [6.07, 6.45) is 4.25. The van der Waals surface area contributed by atoms with Crippen LogP contribution in [0, 0.1) is 0 Å². The highest BCUT2D eigenvalue weighted by Gasteiger charge is 2.47. The SMILES string of the molecule is CC[C@@H](OC1CCCCO1)C(C)c1cc(NC(=O)C(C)(C)S(=O)(=O)C2CCOCC2)on1. The van der Waals surface area contributed by atoms with Gasteiger partial charge in [-0.25, -0.2) is 8.42 Å². The average molecular weight is 473 g/mol. The highest BCUT2D eigenvalue weighted by Crippen LogP contribution is 2.31. The quantitative estimate of drug-likeness (QED) is 0.581. The van der Waals surface area contributed by atoms with Crippen molar-refractivity contribution in [2.45, 2.75) is 94.5 Å². The number of carbonyl (C=O) groups excluding carboxylic acids is 1. The van der Waals surface area contributed by atoms with Gasteiger partial charge in [-0.1, -0.05) is 19.0 Å². The van der Waals surface area contributed by atoms with E-state index in [0.717, 1.165) is 25.7 Å². The summed E-state index contributed by atoms with van der Waals surface area (Å²) in [6.45, 7) is 8.37. The lowest BCUT2D eigenvalue weighted by Gasteiger charge is -2.30. The second kappa shape index (κ2) is 10.6. The van der Waals surface area contributed by atoms with Gasteiger partial charge >= 0.3 is 0 Å². The second-order valence-corrected chi connectivity index (χ2v) is 11.9. The van der Waals surface area contributed by atoms with Crippen molar-refractivity contribution in [1.29, 1.82) is 0 Å². The Balaban J connectivity index is 1.64. The first-order valence-electron chi connectivity index (χ1n) is 11.5. The van der Waals surface area contributed by atoms with Gasteiger partial charge in [0, 0.05) is 31.8 Å². The molecule has 0 radical (unpaired) electrons. The van der Waals surface area contributed by atoms with E-state index in [9.17, 15) is 13.2 Å². The van der Waals surface area contributed by atoms with Gasteiger partial charge in [-0.2, -0.15) is 0 Å². The molecule has 3 heterocycles. The van der Waals surface area contributed by atoms with E-state index in [0.29, 0.717) is 38.4 Å². The van der Waals surface area contributed by atoms with Gasteiger partial charge in [-0.15, -0.1) is 0 Å². The molecule has 1 N–H and O–H groups in total. The van der Waals surface area contributed by atoms with Crippen LogP contribution in [0.15, 0.2) is 10.6 Å². The van der Waals surface area contributed by atoms with Crippen molar-refractivity contribution in [1.82, 2.24) is 5.16 Å². The van der Waals surface area contributed by atoms with E-state index < -0.39 is 25.7 Å². The minimum atomic E-state index is -3.71. The molecule has 0 spiro atoms. The number of sulfone groups is 1. The zero-order chi connectivity index (χ0) is 23.4. The van der Waals surface area contributed by atoms with Crippen molar-refractivity contribution < 1.29 is 31.9 Å². The minimum Gasteiger partial charge on any atom is -0.381 e. The molecule has 3 atom stereocenters. The Labute approximate surface area is 190 Å². The average Bonchev–Trinajstić information content (AvgIpc) is 3.26. The fraction of sp³-hybridized carbons (Fsp3) is 0.818. The van der Waals surface area contributed by atoms with Crippen LogP contribution in [0.1, 0.15) is 77.8 Å². The standard InChI is InChI=1S/C22H36N2O7S/c1-5-18(30-20-8-6-7-11-29-20)15(2)17-14-19(31-24-17)23-21(25)22(3,4)32(26,27)16-9-12-28-13-10-16/h14-16,18,20H,5-13H2,1-4H3,(H,23,25)/t15?,18-,20?/m1/s1. The first-order valence-corrected chi connectivity index (χ1v) is 13.1. The molecule has 0 saturated carbocycles. The number of nitrogens with one attached hydrogen (secondary N) is 1. The summed E-state index contributed by atoms with van der Waals surface area (Å²) in [5.74, 6) is -0.604. The first kappa shape index (κ1) is 25.1. The van der Waals surface area contributed by atoms with Gasteiger partial charge in [0.25, 0.3) is 0 Å². The molecule has 1 aromatic rings. The van der Waals surface area contributed by atoms with Crippen LogP contribution in [0.2, 0.25) is 0 Å². The molecule has 10 heteroatoms. The Morgan fingerprint density at radius 2 is 1.97 bits per heavy atom. The summed E-state index contributed by atoms with van der Waals surface area (Å²) in [6, 6.07) is 1.63. The molecule has 2 unspecified atom stereocenters. The summed E-state index contributed by atoms with van der Waals surface area (Å²) in [5.41, 5.74) is 0.632. The molecule has 2 saturated heterocycles. The van der Waals surface area contributed by atoms with Gasteiger partial charge in [-0.05, 0) is 52.4 Å². The van der Waals surface area contributed by atoms with Crippen molar-refractivity contribution in [3.05, 3.63) is 11.8 Å². The summed E-state index contributed by atoms with van der Waals surface area (Å²) in [5, 5.41) is 6.09. The fourth-order valence-electron chi connectivity index (χ4n) is 4.13. The van der Waals surface area contributed by atoms with Crippen LogP contribution < -0.4 is 5.32 Å². The number of rotatable bonds is 9. The Hall–Kier alpha value is -1.49. The second-order valence-electron chi connectivity index (χ2n) is 9.10. The van der Waals surface area contributed by atoms with Crippen molar-refractivity contribution in [2.75, 3.05) is 25.1 Å². The number of anilines is 1. The smallest absolute Gasteiger partial charge is 0.247 e. The molecule has 182 valence electrons. The Morgan fingerprint density at radius 3 is 2.59 bits per heavy atom. The number of ether oxygens (including phenoxy) is 3. The number of hydrogen-bond acceptors (Lipinski definition) is 8. The van der Waals surface area contributed by atoms with Crippen LogP contribution in [-0.4, -0.2) is 61.7 Å². The van der Waals surface area contributed by atoms with Crippen molar-refractivity contribution in [3.8, 4) is 0 Å². The normalized spacial score (nSPS) is 22.9. The van der Waals surface area contributed by atoms with Gasteiger partial charge in [0.2, 0.25) is 11.8 Å². The molecule has 9 nitrogen and oxygen atoms in total. The largest absolute Gasteiger partial charge is 0.381 e. The molecular formula is C22H36N2O7S. The van der Waals surface area contributed by atoms with E-state index in [-0.39, 0.29) is 24.2 Å². The Bertz CT molecular complexity index is 855. The molecular weight excluding hydrogens is 436 g/mol. The van der Waals surface area contributed by atoms with Crippen LogP contribution in [0.5, 0.6) is 0 Å². The summed E-state index contributed by atoms with van der Waals surface area (Å²) in [7, 11) is -3.71. The maximum Gasteiger partial charge on any atom is 0.247 e. The minimum absolute atomic E-state index is 0.0843. The van der Waals surface area contributed by atoms with Gasteiger partial charge in [0.1, 0.15) is 4.75 Å². The van der Waals surface area contributed by atoms with Crippen LogP contribution in [0.3, 0.4) is 0 Å². The van der Waals surface area contributed by atoms with Crippen LogP contribution >= 0.6 is 0 Å². The maximum atomic E-state index is 13.1.